The summed E-state index contributed by atoms with van der Waals surface area (Å²) in [6, 6.07) is 6.94. The molecule has 0 spiro atoms. The van der Waals surface area contributed by atoms with Crippen LogP contribution in [0.4, 0.5) is 16.2 Å². The van der Waals surface area contributed by atoms with E-state index in [0.29, 0.717) is 0 Å². The molecule has 2 aromatic heterocycles. The minimum Gasteiger partial charge on any atom is -0.462 e. The van der Waals surface area contributed by atoms with Gasteiger partial charge in [-0.1, -0.05) is 32.0 Å². The molecule has 248 valence electrons. The van der Waals surface area contributed by atoms with Gasteiger partial charge in [0.2, 0.25) is 17.6 Å². The van der Waals surface area contributed by atoms with Crippen molar-refractivity contribution in [2.45, 2.75) is 71.7 Å². The maximum absolute atomic E-state index is 16.6. The van der Waals surface area contributed by atoms with Crippen LogP contribution in [0, 0.1) is 5.92 Å². The Kier molecular flexibility index (Phi) is 12.0. The van der Waals surface area contributed by atoms with Crippen molar-refractivity contribution < 1.29 is 42.2 Å². The molecule has 5 atom stereocenters. The molecule has 0 saturated carbocycles. The first-order chi connectivity index (χ1) is 21.1. The first-order valence-electron chi connectivity index (χ1n) is 14.2. The van der Waals surface area contributed by atoms with Crippen molar-refractivity contribution >= 4 is 42.6 Å². The molecule has 2 heterocycles. The van der Waals surface area contributed by atoms with Crippen molar-refractivity contribution in [3.63, 3.8) is 0 Å². The Hall–Kier alpha value is -3.69. The van der Waals surface area contributed by atoms with Gasteiger partial charge in [0.25, 0.3) is 0 Å². The summed E-state index contributed by atoms with van der Waals surface area (Å²) < 4.78 is 53.2. The fourth-order valence-corrected chi connectivity index (χ4v) is 5.48. The zero-order valence-corrected chi connectivity index (χ0v) is 27.4. The zero-order chi connectivity index (χ0) is 33.5. The quantitative estimate of drug-likeness (QED) is 0.130. The van der Waals surface area contributed by atoms with Gasteiger partial charge < -0.3 is 24.4 Å². The smallest absolute Gasteiger partial charge is 0.459 e. The average Bonchev–Trinajstić information content (AvgIpc) is 3.42. The molecule has 0 fully saturated rings. The molecule has 0 radical (unpaired) electrons. The van der Waals surface area contributed by atoms with Crippen LogP contribution in [0.15, 0.2) is 36.7 Å². The van der Waals surface area contributed by atoms with Crippen molar-refractivity contribution in [1.29, 1.82) is 0 Å². The monoisotopic (exact) mass is 653 g/mol. The number of aliphatic hydroxyl groups excluding tert-OH is 1. The third kappa shape index (κ3) is 8.95. The van der Waals surface area contributed by atoms with Crippen LogP contribution >= 0.6 is 7.75 Å². The Morgan fingerprint density at radius 2 is 1.80 bits per heavy atom. The lowest BCUT2D eigenvalue weighted by molar-refractivity contribution is -0.149. The number of fused-ring (bicyclic) bond motifs is 1. The minimum absolute atomic E-state index is 0.0366. The predicted molar refractivity (Wildman–Crippen MR) is 164 cm³/mol. The lowest BCUT2D eigenvalue weighted by Gasteiger charge is -2.33. The van der Waals surface area contributed by atoms with Crippen LogP contribution in [-0.4, -0.2) is 81.6 Å². The normalized spacial score (nSPS) is 16.4. The lowest BCUT2D eigenvalue weighted by Crippen LogP contribution is -2.48. The van der Waals surface area contributed by atoms with Gasteiger partial charge in [0, 0.05) is 20.1 Å². The van der Waals surface area contributed by atoms with Gasteiger partial charge >= 0.3 is 13.7 Å². The summed E-state index contributed by atoms with van der Waals surface area (Å²) in [6.45, 7) is 8.56. The highest BCUT2D eigenvalue weighted by molar-refractivity contribution is 7.52. The number of carbonyl (C=O) groups is 2. The average molecular weight is 654 g/mol. The fourth-order valence-electron chi connectivity index (χ4n) is 3.98. The van der Waals surface area contributed by atoms with Gasteiger partial charge in [0.05, 0.1) is 19.0 Å². The number of ether oxygens (including phenoxy) is 2. The predicted octanol–water partition coefficient (Wildman–Crippen LogP) is 3.61. The van der Waals surface area contributed by atoms with Gasteiger partial charge in [-0.05, 0) is 39.8 Å². The largest absolute Gasteiger partial charge is 0.462 e. The summed E-state index contributed by atoms with van der Waals surface area (Å²) in [5.74, 6) is -3.79. The maximum atomic E-state index is 16.6. The number of alkyl halides is 1. The molecule has 1 amide bonds. The number of benzene rings is 1. The molecule has 4 N–H and O–H groups in total. The standard InChI is InChI=1S/C28H41FN7O8P/c1-16(2)25(38)34-27-32-23(30-7)21-24(33-27)36(15-31-21)28(6,29)22(37)20(41-8)14-42-45(40,44-19-12-10-9-11-13-19)35-18(5)26(39)43-17(3)4/h9-13,15-18,20,22,37H,14H2,1-8H3,(H,35,40)(H2,30,32,33,34,38)/t18-,20?,22+,28-,45?/m0/s1. The van der Waals surface area contributed by atoms with Crippen LogP contribution < -0.4 is 20.2 Å². The molecule has 17 heteroatoms. The van der Waals surface area contributed by atoms with Crippen molar-refractivity contribution in [3.05, 3.63) is 36.7 Å². The number of amides is 1. The highest BCUT2D eigenvalue weighted by Crippen LogP contribution is 2.45. The van der Waals surface area contributed by atoms with Crippen molar-refractivity contribution in [2.24, 2.45) is 5.92 Å². The Balaban J connectivity index is 1.89. The number of carbonyl (C=O) groups excluding carboxylic acids is 2. The van der Waals surface area contributed by atoms with Crippen LogP contribution in [0.1, 0.15) is 41.5 Å². The Bertz CT molecular complexity index is 1500. The van der Waals surface area contributed by atoms with E-state index in [1.807, 2.05) is 0 Å². The Morgan fingerprint density at radius 3 is 2.38 bits per heavy atom. The number of para-hydroxylation sites is 1. The molecule has 0 aliphatic heterocycles. The number of nitrogens with zero attached hydrogens (tertiary/aromatic N) is 4. The second kappa shape index (κ2) is 15.1. The van der Waals surface area contributed by atoms with Gasteiger partial charge in [0.1, 0.15) is 24.0 Å². The summed E-state index contributed by atoms with van der Waals surface area (Å²) >= 11 is 0. The summed E-state index contributed by atoms with van der Waals surface area (Å²) in [6.07, 6.45) is -2.67. The van der Waals surface area contributed by atoms with E-state index < -0.39 is 50.5 Å². The molecular formula is C28H41FN7O8P. The third-order valence-corrected chi connectivity index (χ3v) is 8.14. The first-order valence-corrected chi connectivity index (χ1v) is 15.8. The van der Waals surface area contributed by atoms with Crippen LogP contribution in [0.3, 0.4) is 0 Å². The molecule has 0 saturated heterocycles. The van der Waals surface area contributed by atoms with E-state index >= 15 is 4.39 Å². The molecule has 45 heavy (non-hydrogen) atoms. The molecule has 3 aromatic rings. The summed E-state index contributed by atoms with van der Waals surface area (Å²) in [5.41, 5.74) is 0.138. The topological polar surface area (TPSA) is 188 Å². The van der Waals surface area contributed by atoms with E-state index in [2.05, 4.69) is 30.7 Å². The second-order valence-corrected chi connectivity index (χ2v) is 12.5. The first kappa shape index (κ1) is 35.8. The van der Waals surface area contributed by atoms with E-state index in [1.165, 1.54) is 26.2 Å². The van der Waals surface area contributed by atoms with Crippen molar-refractivity contribution in [3.8, 4) is 5.75 Å². The molecule has 15 nitrogen and oxygen atoms in total. The molecular weight excluding hydrogens is 612 g/mol. The van der Waals surface area contributed by atoms with Crippen molar-refractivity contribution in [1.82, 2.24) is 24.6 Å². The second-order valence-electron chi connectivity index (χ2n) is 10.9. The van der Waals surface area contributed by atoms with E-state index in [4.69, 9.17) is 18.5 Å². The van der Waals surface area contributed by atoms with E-state index in [1.54, 1.807) is 52.9 Å². The molecule has 2 unspecified atom stereocenters. The molecule has 0 aliphatic rings. The minimum atomic E-state index is -4.34. The number of halogens is 1. The number of hydrogen-bond acceptors (Lipinski definition) is 12. The molecule has 3 rings (SSSR count). The Labute approximate surface area is 260 Å². The van der Waals surface area contributed by atoms with Crippen LogP contribution in [0.25, 0.3) is 11.2 Å². The molecule has 1 aromatic carbocycles. The lowest BCUT2D eigenvalue weighted by atomic mass is 10.0. The number of methoxy groups -OCH3 is 1. The number of esters is 1. The van der Waals surface area contributed by atoms with Gasteiger partial charge in [-0.2, -0.15) is 15.1 Å². The number of nitrogens with one attached hydrogen (secondary N) is 3. The highest BCUT2D eigenvalue weighted by Gasteiger charge is 2.44. The van der Waals surface area contributed by atoms with E-state index in [9.17, 15) is 19.3 Å². The summed E-state index contributed by atoms with van der Waals surface area (Å²) in [4.78, 5) is 37.4. The van der Waals surface area contributed by atoms with Crippen molar-refractivity contribution in [2.75, 3.05) is 31.4 Å². The van der Waals surface area contributed by atoms with Crippen LogP contribution in [0.2, 0.25) is 0 Å². The maximum Gasteiger partial charge on any atom is 0.459 e. The molecule has 0 aliphatic carbocycles. The number of anilines is 2. The summed E-state index contributed by atoms with van der Waals surface area (Å²) in [7, 11) is -1.56. The number of aromatic nitrogens is 4. The van der Waals surface area contributed by atoms with Crippen LogP contribution in [-0.2, 0) is 33.9 Å². The summed E-state index contributed by atoms with van der Waals surface area (Å²) in [5, 5.41) is 19.2. The third-order valence-electron chi connectivity index (χ3n) is 6.49. The van der Waals surface area contributed by atoms with E-state index in [-0.39, 0.29) is 40.5 Å². The SMILES string of the molecule is CNc1nc(NC(=O)C(C)C)nc2c1ncn2[C@](C)(F)[C@H](O)C(COP(=O)(N[C@@H](C)C(=O)OC(C)C)Oc1ccccc1)OC. The van der Waals surface area contributed by atoms with E-state index in [0.717, 1.165) is 17.8 Å². The van der Waals surface area contributed by atoms with Gasteiger partial charge in [-0.25, -0.2) is 13.9 Å². The number of rotatable bonds is 16. The van der Waals surface area contributed by atoms with Gasteiger partial charge in [-0.3, -0.25) is 24.0 Å². The Morgan fingerprint density at radius 1 is 1.13 bits per heavy atom. The van der Waals surface area contributed by atoms with Gasteiger partial charge in [0.15, 0.2) is 17.0 Å². The number of hydrogen-bond donors (Lipinski definition) is 4. The highest BCUT2D eigenvalue weighted by atomic mass is 31.2. The molecule has 0 bridgehead atoms. The number of imidazole rings is 1. The zero-order valence-electron chi connectivity index (χ0n) is 26.5. The number of aliphatic hydroxyl groups is 1. The fraction of sp³-hybridized carbons (Fsp3) is 0.536. The van der Waals surface area contributed by atoms with Crippen LogP contribution in [0.5, 0.6) is 5.75 Å². The van der Waals surface area contributed by atoms with Gasteiger partial charge in [-0.15, -0.1) is 0 Å².